The van der Waals surface area contributed by atoms with Gasteiger partial charge in [-0.3, -0.25) is 0 Å². The van der Waals surface area contributed by atoms with Gasteiger partial charge in [0.25, 0.3) is 0 Å². The summed E-state index contributed by atoms with van der Waals surface area (Å²) in [4.78, 5) is 6.62. The molecule has 2 aromatic carbocycles. The van der Waals surface area contributed by atoms with Gasteiger partial charge in [-0.15, -0.1) is 0 Å². The highest BCUT2D eigenvalue weighted by Crippen LogP contribution is 2.30. The highest BCUT2D eigenvalue weighted by atomic mass is 35.5. The third-order valence-electron chi connectivity index (χ3n) is 3.90. The Labute approximate surface area is 144 Å². The molecule has 0 aliphatic carbocycles. The van der Waals surface area contributed by atoms with Crippen LogP contribution in [-0.2, 0) is 0 Å². The van der Waals surface area contributed by atoms with E-state index in [9.17, 15) is 0 Å². The van der Waals surface area contributed by atoms with Crippen LogP contribution in [0.15, 0.2) is 35.3 Å². The molecule has 23 heavy (non-hydrogen) atoms. The molecule has 0 saturated heterocycles. The van der Waals surface area contributed by atoms with E-state index in [1.807, 2.05) is 31.6 Å². The second-order valence-electron chi connectivity index (χ2n) is 5.86. The summed E-state index contributed by atoms with van der Waals surface area (Å²) in [6.45, 7) is 9.28. The predicted octanol–water partition coefficient (Wildman–Crippen LogP) is 5.62. The first-order chi connectivity index (χ1) is 10.9. The molecule has 1 N–H and O–H groups in total. The molecule has 2 aromatic rings. The van der Waals surface area contributed by atoms with Crippen molar-refractivity contribution >= 4 is 35.0 Å². The van der Waals surface area contributed by atoms with Crippen molar-refractivity contribution in [3.8, 4) is 0 Å². The van der Waals surface area contributed by atoms with E-state index in [4.69, 9.17) is 11.6 Å². The molecular weight excluding hydrogens is 306 g/mol. The Morgan fingerprint density at radius 2 is 1.74 bits per heavy atom. The zero-order valence-electron chi connectivity index (χ0n) is 14.4. The third-order valence-corrected chi connectivity index (χ3v) is 4.14. The van der Waals surface area contributed by atoms with Gasteiger partial charge in [-0.1, -0.05) is 17.7 Å². The summed E-state index contributed by atoms with van der Waals surface area (Å²) in [6, 6.07) is 10.1. The van der Waals surface area contributed by atoms with E-state index in [1.165, 1.54) is 0 Å². The van der Waals surface area contributed by atoms with Crippen molar-refractivity contribution in [2.24, 2.45) is 4.99 Å². The molecule has 4 heteroatoms. The summed E-state index contributed by atoms with van der Waals surface area (Å²) < 4.78 is 0. The number of benzene rings is 2. The van der Waals surface area contributed by atoms with Crippen LogP contribution in [0.1, 0.15) is 23.6 Å². The smallest absolute Gasteiger partial charge is 0.0909 e. The zero-order valence-corrected chi connectivity index (χ0v) is 15.2. The highest BCUT2D eigenvalue weighted by Gasteiger charge is 2.06. The Morgan fingerprint density at radius 3 is 2.43 bits per heavy atom. The van der Waals surface area contributed by atoms with Crippen LogP contribution in [-0.4, -0.2) is 24.8 Å². The quantitative estimate of drug-likeness (QED) is 0.569. The van der Waals surface area contributed by atoms with E-state index >= 15 is 0 Å². The van der Waals surface area contributed by atoms with Gasteiger partial charge in [0.2, 0.25) is 0 Å². The van der Waals surface area contributed by atoms with Gasteiger partial charge in [0, 0.05) is 30.0 Å². The molecule has 2 rings (SSSR count). The molecule has 0 atom stereocenters. The normalized spacial score (nSPS) is 11.0. The maximum absolute atomic E-state index is 6.10. The number of aryl methyl sites for hydroxylation is 3. The first kappa shape index (κ1) is 17.4. The lowest BCUT2D eigenvalue weighted by Gasteiger charge is -2.15. The van der Waals surface area contributed by atoms with Gasteiger partial charge < -0.3 is 10.2 Å². The Bertz CT molecular complexity index is 723. The largest absolute Gasteiger partial charge is 0.366 e. The van der Waals surface area contributed by atoms with E-state index < -0.39 is 0 Å². The van der Waals surface area contributed by atoms with Crippen LogP contribution in [0.5, 0.6) is 0 Å². The Balaban J connectivity index is 2.29. The molecular formula is C19H24ClN3. The molecule has 0 aliphatic rings. The zero-order chi connectivity index (χ0) is 17.0. The number of hydrogen-bond acceptors (Lipinski definition) is 2. The van der Waals surface area contributed by atoms with Crippen molar-refractivity contribution in [2.75, 3.05) is 18.9 Å². The molecule has 3 nitrogen and oxygen atoms in total. The van der Waals surface area contributed by atoms with Crippen molar-refractivity contribution < 1.29 is 0 Å². The average Bonchev–Trinajstić information content (AvgIpc) is 2.52. The third kappa shape index (κ3) is 4.49. The van der Waals surface area contributed by atoms with E-state index in [-0.39, 0.29) is 0 Å². The van der Waals surface area contributed by atoms with Gasteiger partial charge in [-0.05, 0) is 68.7 Å². The predicted molar refractivity (Wildman–Crippen MR) is 102 cm³/mol. The summed E-state index contributed by atoms with van der Waals surface area (Å²) in [5.74, 6) is 0. The minimum atomic E-state index is 0.733. The van der Waals surface area contributed by atoms with Crippen LogP contribution in [0, 0.1) is 20.8 Å². The van der Waals surface area contributed by atoms with Crippen molar-refractivity contribution in [3.63, 3.8) is 0 Å². The summed E-state index contributed by atoms with van der Waals surface area (Å²) >= 11 is 6.10. The van der Waals surface area contributed by atoms with Crippen LogP contribution in [0.2, 0.25) is 5.02 Å². The lowest BCUT2D eigenvalue weighted by Crippen LogP contribution is -2.14. The maximum atomic E-state index is 6.10. The first-order valence-corrected chi connectivity index (χ1v) is 8.17. The molecule has 0 fully saturated rings. The molecule has 0 aliphatic heterocycles. The van der Waals surface area contributed by atoms with Crippen LogP contribution in [0.25, 0.3) is 0 Å². The number of halogens is 1. The fourth-order valence-corrected chi connectivity index (χ4v) is 2.36. The van der Waals surface area contributed by atoms with E-state index in [0.29, 0.717) is 0 Å². The molecule has 0 saturated carbocycles. The fourth-order valence-electron chi connectivity index (χ4n) is 2.19. The number of nitrogens with zero attached hydrogens (tertiary/aromatic N) is 2. The minimum absolute atomic E-state index is 0.733. The van der Waals surface area contributed by atoms with Crippen molar-refractivity contribution in [1.29, 1.82) is 0 Å². The van der Waals surface area contributed by atoms with Gasteiger partial charge in [0.15, 0.2) is 0 Å². The topological polar surface area (TPSA) is 27.6 Å². The average molecular weight is 330 g/mol. The molecule has 0 bridgehead atoms. The second kappa shape index (κ2) is 7.51. The van der Waals surface area contributed by atoms with Crippen molar-refractivity contribution in [2.45, 2.75) is 27.7 Å². The van der Waals surface area contributed by atoms with E-state index in [2.05, 4.69) is 55.0 Å². The van der Waals surface area contributed by atoms with Gasteiger partial charge >= 0.3 is 0 Å². The number of anilines is 2. The molecule has 0 radical (unpaired) electrons. The molecule has 0 heterocycles. The summed E-state index contributed by atoms with van der Waals surface area (Å²) in [5, 5.41) is 4.21. The monoisotopic (exact) mass is 329 g/mol. The molecule has 0 spiro atoms. The van der Waals surface area contributed by atoms with Gasteiger partial charge in [0.1, 0.15) is 0 Å². The number of rotatable bonds is 5. The summed E-state index contributed by atoms with van der Waals surface area (Å²) in [6.07, 6.45) is 1.87. The van der Waals surface area contributed by atoms with E-state index in [0.717, 1.165) is 45.3 Å². The second-order valence-corrected chi connectivity index (χ2v) is 6.29. The van der Waals surface area contributed by atoms with Gasteiger partial charge in [0.05, 0.1) is 12.0 Å². The standard InChI is InChI=1S/C19H24ClN3/c1-6-23(5)12-21-17-9-15(4)18(10-14(17)3)22-19-11-16(20)8-7-13(19)2/h7-12,22H,6H2,1-5H3. The van der Waals surface area contributed by atoms with Crippen LogP contribution >= 0.6 is 11.6 Å². The van der Waals surface area contributed by atoms with Crippen LogP contribution in [0.4, 0.5) is 17.1 Å². The van der Waals surface area contributed by atoms with Crippen molar-refractivity contribution in [3.05, 3.63) is 52.0 Å². The SMILES string of the molecule is CCN(C)C=Nc1cc(C)c(Nc2cc(Cl)ccc2C)cc1C. The molecule has 122 valence electrons. The molecule has 0 aromatic heterocycles. The lowest BCUT2D eigenvalue weighted by atomic mass is 10.1. The van der Waals surface area contributed by atoms with E-state index in [1.54, 1.807) is 0 Å². The maximum Gasteiger partial charge on any atom is 0.0909 e. The summed E-state index contributed by atoms with van der Waals surface area (Å²) in [5.41, 5.74) is 6.56. The fraction of sp³-hybridized carbons (Fsp3) is 0.316. The van der Waals surface area contributed by atoms with Crippen molar-refractivity contribution in [1.82, 2.24) is 4.90 Å². The van der Waals surface area contributed by atoms with Crippen LogP contribution in [0.3, 0.4) is 0 Å². The Hall–Kier alpha value is -2.00. The Kier molecular flexibility index (Phi) is 5.67. The first-order valence-electron chi connectivity index (χ1n) is 7.79. The van der Waals surface area contributed by atoms with Crippen LogP contribution < -0.4 is 5.32 Å². The Morgan fingerprint density at radius 1 is 1.04 bits per heavy atom. The number of hydrogen-bond donors (Lipinski definition) is 1. The lowest BCUT2D eigenvalue weighted by molar-refractivity contribution is 0.552. The molecule has 0 unspecified atom stereocenters. The minimum Gasteiger partial charge on any atom is -0.366 e. The number of aliphatic imine (C=N–C) groups is 1. The van der Waals surface area contributed by atoms with Gasteiger partial charge in [-0.2, -0.15) is 0 Å². The van der Waals surface area contributed by atoms with Gasteiger partial charge in [-0.25, -0.2) is 4.99 Å². The summed E-state index contributed by atoms with van der Waals surface area (Å²) in [7, 11) is 2.02. The highest BCUT2D eigenvalue weighted by molar-refractivity contribution is 6.30. The number of nitrogens with one attached hydrogen (secondary N) is 1. The molecule has 0 amide bonds.